The smallest absolute Gasteiger partial charge is 0.192 e. The van der Waals surface area contributed by atoms with Gasteiger partial charge in [-0.05, 0) is 38.1 Å². The Kier molecular flexibility index (Phi) is 2.75. The molecule has 104 valence electrons. The van der Waals surface area contributed by atoms with E-state index in [9.17, 15) is 4.79 Å². The Morgan fingerprint density at radius 2 is 1.95 bits per heavy atom. The Bertz CT molecular complexity index is 764. The molecular weight excluding hydrogens is 252 g/mol. The van der Waals surface area contributed by atoms with Crippen LogP contribution in [0.3, 0.4) is 0 Å². The molecule has 0 amide bonds. The van der Waals surface area contributed by atoms with Crippen molar-refractivity contribution in [3.05, 3.63) is 45.8 Å². The van der Waals surface area contributed by atoms with Crippen molar-refractivity contribution in [3.63, 3.8) is 0 Å². The lowest BCUT2D eigenvalue weighted by Gasteiger charge is -2.28. The van der Waals surface area contributed by atoms with Crippen LogP contribution in [0.25, 0.3) is 17.0 Å². The molecule has 0 atom stereocenters. The lowest BCUT2D eigenvalue weighted by atomic mass is 10.00. The van der Waals surface area contributed by atoms with Crippen LogP contribution in [0.2, 0.25) is 0 Å². The average Bonchev–Trinajstić information content (AvgIpc) is 2.36. The van der Waals surface area contributed by atoms with Crippen LogP contribution in [0.4, 0.5) is 0 Å². The van der Waals surface area contributed by atoms with E-state index in [1.807, 2.05) is 45.9 Å². The van der Waals surface area contributed by atoms with Gasteiger partial charge in [0.15, 0.2) is 5.43 Å². The van der Waals surface area contributed by atoms with Gasteiger partial charge in [-0.2, -0.15) is 0 Å². The second-order valence-corrected chi connectivity index (χ2v) is 6.06. The maximum absolute atomic E-state index is 12.2. The minimum absolute atomic E-state index is 0.00372. The number of hydrogen-bond acceptors (Lipinski definition) is 3. The van der Waals surface area contributed by atoms with Crippen LogP contribution in [0.15, 0.2) is 33.5 Å². The molecule has 0 aliphatic carbocycles. The van der Waals surface area contributed by atoms with Gasteiger partial charge in [0.25, 0.3) is 0 Å². The largest absolute Gasteiger partial charge is 0.483 e. The van der Waals surface area contributed by atoms with E-state index in [0.717, 1.165) is 11.3 Å². The van der Waals surface area contributed by atoms with Gasteiger partial charge in [-0.15, -0.1) is 0 Å². The van der Waals surface area contributed by atoms with E-state index in [-0.39, 0.29) is 16.9 Å². The van der Waals surface area contributed by atoms with Crippen molar-refractivity contribution in [2.45, 2.75) is 39.2 Å². The third-order valence-electron chi connectivity index (χ3n) is 3.51. The summed E-state index contributed by atoms with van der Waals surface area (Å²) in [6, 6.07) is 5.20. The van der Waals surface area contributed by atoms with Crippen molar-refractivity contribution in [2.75, 3.05) is 0 Å². The summed E-state index contributed by atoms with van der Waals surface area (Å²) in [4.78, 5) is 12.2. The highest BCUT2D eigenvalue weighted by molar-refractivity contribution is 5.89. The molecule has 0 bridgehead atoms. The van der Waals surface area contributed by atoms with E-state index in [2.05, 4.69) is 0 Å². The summed E-state index contributed by atoms with van der Waals surface area (Å²) in [6.45, 7) is 8.01. The summed E-state index contributed by atoms with van der Waals surface area (Å²) in [5.74, 6) is 1.64. The summed E-state index contributed by atoms with van der Waals surface area (Å²) >= 11 is 0. The van der Waals surface area contributed by atoms with Crippen molar-refractivity contribution in [1.82, 2.24) is 0 Å². The fraction of sp³-hybridized carbons (Fsp3) is 0.353. The lowest BCUT2D eigenvalue weighted by Crippen LogP contribution is -2.27. The Hall–Kier alpha value is -2.03. The van der Waals surface area contributed by atoms with Crippen molar-refractivity contribution < 1.29 is 9.15 Å². The third kappa shape index (κ3) is 2.03. The van der Waals surface area contributed by atoms with Crippen molar-refractivity contribution in [1.29, 1.82) is 0 Å². The summed E-state index contributed by atoms with van der Waals surface area (Å²) in [5.41, 5.74) is 1.12. The SMILES string of the molecule is CC(C)c1cc(=O)c2ccc3c(c2o1)C=CC(C)(C)O3. The molecule has 20 heavy (non-hydrogen) atoms. The molecule has 2 heterocycles. The maximum atomic E-state index is 12.2. The fourth-order valence-electron chi connectivity index (χ4n) is 2.37. The first kappa shape index (κ1) is 13.0. The van der Waals surface area contributed by atoms with Crippen LogP contribution in [-0.4, -0.2) is 5.60 Å². The highest BCUT2D eigenvalue weighted by Crippen LogP contribution is 2.35. The molecule has 2 aromatic rings. The molecule has 1 aromatic heterocycles. The quantitative estimate of drug-likeness (QED) is 0.783. The first-order valence-corrected chi connectivity index (χ1v) is 6.86. The van der Waals surface area contributed by atoms with Gasteiger partial charge < -0.3 is 9.15 Å². The van der Waals surface area contributed by atoms with Crippen molar-refractivity contribution >= 4 is 17.0 Å². The van der Waals surface area contributed by atoms with Gasteiger partial charge in [0.1, 0.15) is 22.7 Å². The molecule has 0 saturated heterocycles. The Balaban J connectivity index is 2.33. The van der Waals surface area contributed by atoms with E-state index in [1.54, 1.807) is 12.1 Å². The molecule has 0 radical (unpaired) electrons. The van der Waals surface area contributed by atoms with E-state index in [0.29, 0.717) is 16.7 Å². The van der Waals surface area contributed by atoms with E-state index >= 15 is 0 Å². The van der Waals surface area contributed by atoms with Gasteiger partial charge in [-0.3, -0.25) is 4.79 Å². The molecule has 3 heteroatoms. The fourth-order valence-corrected chi connectivity index (χ4v) is 2.37. The minimum atomic E-state index is -0.337. The lowest BCUT2D eigenvalue weighted by molar-refractivity contribution is 0.159. The molecule has 0 unspecified atom stereocenters. The highest BCUT2D eigenvalue weighted by atomic mass is 16.5. The predicted molar refractivity (Wildman–Crippen MR) is 80.3 cm³/mol. The average molecular weight is 270 g/mol. The first-order valence-electron chi connectivity index (χ1n) is 6.86. The zero-order chi connectivity index (χ0) is 14.5. The zero-order valence-corrected chi connectivity index (χ0v) is 12.2. The molecule has 1 aliphatic heterocycles. The van der Waals surface area contributed by atoms with Crippen molar-refractivity contribution in [3.8, 4) is 5.75 Å². The number of rotatable bonds is 1. The number of benzene rings is 1. The second-order valence-electron chi connectivity index (χ2n) is 6.06. The van der Waals surface area contributed by atoms with E-state index in [1.165, 1.54) is 0 Å². The molecule has 1 aromatic carbocycles. The Labute approximate surface area is 117 Å². The summed E-state index contributed by atoms with van der Waals surface area (Å²) < 4.78 is 11.9. The molecule has 0 spiro atoms. The number of ether oxygens (including phenoxy) is 1. The van der Waals surface area contributed by atoms with Crippen LogP contribution in [0.5, 0.6) is 5.75 Å². The Morgan fingerprint density at radius 1 is 1.20 bits per heavy atom. The van der Waals surface area contributed by atoms with Crippen LogP contribution in [0.1, 0.15) is 44.9 Å². The topological polar surface area (TPSA) is 39.4 Å². The molecule has 0 N–H and O–H groups in total. The predicted octanol–water partition coefficient (Wildman–Crippen LogP) is 4.10. The van der Waals surface area contributed by atoms with Crippen LogP contribution in [0, 0.1) is 0 Å². The van der Waals surface area contributed by atoms with E-state index in [4.69, 9.17) is 9.15 Å². The van der Waals surface area contributed by atoms with Crippen molar-refractivity contribution in [2.24, 2.45) is 0 Å². The van der Waals surface area contributed by atoms with Gasteiger partial charge in [-0.25, -0.2) is 0 Å². The van der Waals surface area contributed by atoms with E-state index < -0.39 is 0 Å². The second kappa shape index (κ2) is 4.23. The molecule has 0 fully saturated rings. The molecule has 1 aliphatic rings. The normalized spacial score (nSPS) is 16.2. The summed E-state index contributed by atoms with van der Waals surface area (Å²) in [6.07, 6.45) is 3.96. The number of hydrogen-bond donors (Lipinski definition) is 0. The highest BCUT2D eigenvalue weighted by Gasteiger charge is 2.24. The van der Waals surface area contributed by atoms with Gasteiger partial charge in [0.05, 0.1) is 10.9 Å². The standard InChI is InChI=1S/C17H18O3/c1-10(2)15-9-13(18)11-5-6-14-12(16(11)19-15)7-8-17(3,4)20-14/h5-10H,1-4H3. The summed E-state index contributed by atoms with van der Waals surface area (Å²) in [5, 5.41) is 0.598. The monoisotopic (exact) mass is 270 g/mol. The van der Waals surface area contributed by atoms with Gasteiger partial charge in [0, 0.05) is 12.0 Å². The number of fused-ring (bicyclic) bond motifs is 3. The minimum Gasteiger partial charge on any atom is -0.483 e. The molecule has 3 nitrogen and oxygen atoms in total. The van der Waals surface area contributed by atoms with Gasteiger partial charge >= 0.3 is 0 Å². The first-order chi connectivity index (χ1) is 9.37. The summed E-state index contributed by atoms with van der Waals surface area (Å²) in [7, 11) is 0. The van der Waals surface area contributed by atoms with Gasteiger partial charge in [-0.1, -0.05) is 13.8 Å². The van der Waals surface area contributed by atoms with Gasteiger partial charge in [0.2, 0.25) is 0 Å². The molecular formula is C17H18O3. The third-order valence-corrected chi connectivity index (χ3v) is 3.51. The zero-order valence-electron chi connectivity index (χ0n) is 12.2. The molecule has 3 rings (SSSR count). The molecule has 0 saturated carbocycles. The van der Waals surface area contributed by atoms with Crippen LogP contribution < -0.4 is 10.2 Å². The van der Waals surface area contributed by atoms with Crippen LogP contribution >= 0.6 is 0 Å². The Morgan fingerprint density at radius 3 is 2.65 bits per heavy atom. The maximum Gasteiger partial charge on any atom is 0.192 e. The van der Waals surface area contributed by atoms with Crippen LogP contribution in [-0.2, 0) is 0 Å².